The highest BCUT2D eigenvalue weighted by atomic mass is 31.2. The van der Waals surface area contributed by atoms with Gasteiger partial charge in [-0.05, 0) is 0 Å². The van der Waals surface area contributed by atoms with Crippen molar-refractivity contribution in [2.24, 2.45) is 5.73 Å². The molecular formula is C5H14NO5P. The van der Waals surface area contributed by atoms with Crippen LogP contribution in [0.2, 0.25) is 0 Å². The van der Waals surface area contributed by atoms with Crippen molar-refractivity contribution in [1.29, 1.82) is 0 Å². The van der Waals surface area contributed by atoms with Crippen LogP contribution in [0, 0.1) is 0 Å². The van der Waals surface area contributed by atoms with Crippen LogP contribution in [0.15, 0.2) is 0 Å². The van der Waals surface area contributed by atoms with Gasteiger partial charge >= 0.3 is 7.82 Å². The molecule has 0 fully saturated rings. The quantitative estimate of drug-likeness (QED) is 0.548. The Morgan fingerprint density at radius 2 is 2.00 bits per heavy atom. The van der Waals surface area contributed by atoms with E-state index in [1.807, 2.05) is 0 Å². The number of aliphatic hydroxyl groups excluding tert-OH is 1. The third kappa shape index (κ3) is 4.82. The van der Waals surface area contributed by atoms with Crippen LogP contribution in [0.25, 0.3) is 0 Å². The molecule has 0 aromatic carbocycles. The maximum absolute atomic E-state index is 11.3. The van der Waals surface area contributed by atoms with E-state index in [9.17, 15) is 4.57 Å². The Morgan fingerprint density at radius 1 is 1.42 bits per heavy atom. The van der Waals surface area contributed by atoms with E-state index in [1.165, 1.54) is 7.11 Å². The van der Waals surface area contributed by atoms with Gasteiger partial charge in [-0.2, -0.15) is 0 Å². The first kappa shape index (κ1) is 12.0. The van der Waals surface area contributed by atoms with E-state index in [1.54, 1.807) is 0 Å². The Balaban J connectivity index is 3.79. The summed E-state index contributed by atoms with van der Waals surface area (Å²) in [6.07, 6.45) is 0. The van der Waals surface area contributed by atoms with E-state index in [2.05, 4.69) is 9.05 Å². The minimum atomic E-state index is -3.47. The maximum atomic E-state index is 11.3. The van der Waals surface area contributed by atoms with Crippen LogP contribution >= 0.6 is 7.82 Å². The number of phosphoric acid groups is 1. The van der Waals surface area contributed by atoms with Crippen LogP contribution in [0.4, 0.5) is 0 Å². The molecule has 0 aromatic rings. The van der Waals surface area contributed by atoms with Gasteiger partial charge in [0.2, 0.25) is 0 Å². The van der Waals surface area contributed by atoms with E-state index in [0.717, 1.165) is 0 Å². The highest BCUT2D eigenvalue weighted by molar-refractivity contribution is 7.48. The molecule has 0 radical (unpaired) electrons. The van der Waals surface area contributed by atoms with Gasteiger partial charge in [-0.15, -0.1) is 0 Å². The normalized spacial score (nSPS) is 15.9. The van der Waals surface area contributed by atoms with Crippen LogP contribution in [0.5, 0.6) is 0 Å². The highest BCUT2D eigenvalue weighted by Crippen LogP contribution is 2.47. The number of hydrogen-bond acceptors (Lipinski definition) is 6. The summed E-state index contributed by atoms with van der Waals surface area (Å²) in [6, 6.07) is 0. The number of rotatable bonds is 7. The molecule has 74 valence electrons. The Morgan fingerprint density at radius 3 is 2.42 bits per heavy atom. The van der Waals surface area contributed by atoms with E-state index in [-0.39, 0.29) is 26.4 Å². The number of aliphatic hydroxyl groups is 1. The fourth-order valence-corrected chi connectivity index (χ4v) is 1.38. The first-order chi connectivity index (χ1) is 5.68. The average molecular weight is 199 g/mol. The third-order valence-electron chi connectivity index (χ3n) is 0.932. The maximum Gasteiger partial charge on any atom is 0.474 e. The highest BCUT2D eigenvalue weighted by Gasteiger charge is 2.23. The lowest BCUT2D eigenvalue weighted by molar-refractivity contribution is 0.112. The molecule has 0 aromatic heterocycles. The molecule has 0 aliphatic carbocycles. The molecular weight excluding hydrogens is 185 g/mol. The van der Waals surface area contributed by atoms with Crippen LogP contribution in [-0.2, 0) is 18.1 Å². The first-order valence-corrected chi connectivity index (χ1v) is 4.90. The van der Waals surface area contributed by atoms with Gasteiger partial charge in [0.1, 0.15) is 0 Å². The molecule has 0 heterocycles. The van der Waals surface area contributed by atoms with Crippen LogP contribution in [0.1, 0.15) is 0 Å². The van der Waals surface area contributed by atoms with E-state index in [0.29, 0.717) is 0 Å². The molecule has 0 saturated carbocycles. The Labute approximate surface area is 71.2 Å². The second kappa shape index (κ2) is 6.54. The lowest BCUT2D eigenvalue weighted by atomic mass is 10.8. The van der Waals surface area contributed by atoms with Crippen LogP contribution in [-0.4, -0.2) is 38.6 Å². The zero-order chi connectivity index (χ0) is 9.45. The van der Waals surface area contributed by atoms with E-state index >= 15 is 0 Å². The monoisotopic (exact) mass is 199 g/mol. The summed E-state index contributed by atoms with van der Waals surface area (Å²) in [5, 5.41) is 8.37. The van der Waals surface area contributed by atoms with Crippen molar-refractivity contribution in [2.45, 2.75) is 0 Å². The second-order valence-corrected chi connectivity index (χ2v) is 3.58. The van der Waals surface area contributed by atoms with Crippen molar-refractivity contribution in [1.82, 2.24) is 0 Å². The molecule has 0 aliphatic heterocycles. The lowest BCUT2D eigenvalue weighted by Crippen LogP contribution is -2.09. The number of hydrogen-bond donors (Lipinski definition) is 2. The van der Waals surface area contributed by atoms with Crippen molar-refractivity contribution in [2.75, 3.05) is 33.5 Å². The summed E-state index contributed by atoms with van der Waals surface area (Å²) in [4.78, 5) is 0. The van der Waals surface area contributed by atoms with Crippen LogP contribution in [0.3, 0.4) is 0 Å². The average Bonchev–Trinajstić information content (AvgIpc) is 2.11. The van der Waals surface area contributed by atoms with Gasteiger partial charge in [0, 0.05) is 13.7 Å². The van der Waals surface area contributed by atoms with Gasteiger partial charge in [0.25, 0.3) is 0 Å². The summed E-state index contributed by atoms with van der Waals surface area (Å²) < 4.78 is 25.1. The predicted molar refractivity (Wildman–Crippen MR) is 42.7 cm³/mol. The summed E-state index contributed by atoms with van der Waals surface area (Å²) >= 11 is 0. The fourth-order valence-electron chi connectivity index (χ4n) is 0.460. The number of nitrogens with two attached hydrogens (primary N) is 1. The fraction of sp³-hybridized carbons (Fsp3) is 1.00. The smallest absolute Gasteiger partial charge is 0.394 e. The predicted octanol–water partition coefficient (Wildman–Crippen LogP) is -0.275. The van der Waals surface area contributed by atoms with E-state index < -0.39 is 7.82 Å². The minimum absolute atomic E-state index is 0.0876. The minimum Gasteiger partial charge on any atom is -0.394 e. The summed E-state index contributed by atoms with van der Waals surface area (Å²) in [6.45, 7) is 0.00139. The summed E-state index contributed by atoms with van der Waals surface area (Å²) in [5.74, 6) is 0. The van der Waals surface area contributed by atoms with Crippen molar-refractivity contribution < 1.29 is 23.2 Å². The van der Waals surface area contributed by atoms with Gasteiger partial charge in [0.15, 0.2) is 0 Å². The Hall–Kier alpha value is 0.0300. The first-order valence-electron chi connectivity index (χ1n) is 3.44. The summed E-state index contributed by atoms with van der Waals surface area (Å²) in [5.41, 5.74) is 5.11. The molecule has 0 bridgehead atoms. The number of phosphoric ester groups is 1. The van der Waals surface area contributed by atoms with Crippen molar-refractivity contribution in [3.63, 3.8) is 0 Å². The van der Waals surface area contributed by atoms with Gasteiger partial charge in [-0.1, -0.05) is 0 Å². The topological polar surface area (TPSA) is 91.0 Å². The Kier molecular flexibility index (Phi) is 6.55. The van der Waals surface area contributed by atoms with E-state index in [4.69, 9.17) is 15.4 Å². The molecule has 1 atom stereocenters. The molecule has 1 unspecified atom stereocenters. The van der Waals surface area contributed by atoms with Gasteiger partial charge in [-0.25, -0.2) is 4.57 Å². The van der Waals surface area contributed by atoms with Gasteiger partial charge in [0.05, 0.1) is 19.8 Å². The molecule has 12 heavy (non-hydrogen) atoms. The van der Waals surface area contributed by atoms with Crippen molar-refractivity contribution in [3.05, 3.63) is 0 Å². The van der Waals surface area contributed by atoms with Crippen molar-refractivity contribution >= 4 is 7.82 Å². The zero-order valence-electron chi connectivity index (χ0n) is 6.93. The van der Waals surface area contributed by atoms with Crippen molar-refractivity contribution in [3.8, 4) is 0 Å². The molecule has 6 nitrogen and oxygen atoms in total. The van der Waals surface area contributed by atoms with Crippen LogP contribution < -0.4 is 5.73 Å². The lowest BCUT2D eigenvalue weighted by Gasteiger charge is -2.14. The molecule has 0 aliphatic rings. The molecule has 0 saturated heterocycles. The molecule has 7 heteroatoms. The molecule has 3 N–H and O–H groups in total. The Bertz CT molecular complexity index is 141. The SMILES string of the molecule is COP(=O)(OCCN)OCCO. The standard InChI is InChI=1S/C5H14NO5P/c1-9-12(8,10-4-2-6)11-5-3-7/h7H,2-6H2,1H3. The molecule has 0 amide bonds. The zero-order valence-corrected chi connectivity index (χ0v) is 7.83. The largest absolute Gasteiger partial charge is 0.474 e. The molecule has 0 rings (SSSR count). The molecule has 0 spiro atoms. The second-order valence-electron chi connectivity index (χ2n) is 1.81. The summed E-state index contributed by atoms with van der Waals surface area (Å²) in [7, 11) is -2.27. The van der Waals surface area contributed by atoms with Gasteiger partial charge in [-0.3, -0.25) is 13.6 Å². The van der Waals surface area contributed by atoms with Gasteiger partial charge < -0.3 is 10.8 Å². The third-order valence-corrected chi connectivity index (χ3v) is 2.38.